The van der Waals surface area contributed by atoms with Gasteiger partial charge >= 0.3 is 18.0 Å². The molecule has 0 fully saturated rings. The predicted octanol–water partition coefficient (Wildman–Crippen LogP) is 2.70. The van der Waals surface area contributed by atoms with E-state index in [1.54, 1.807) is 41.5 Å². The van der Waals surface area contributed by atoms with Gasteiger partial charge < -0.3 is 24.4 Å². The summed E-state index contributed by atoms with van der Waals surface area (Å²) in [4.78, 5) is 41.5. The molecule has 27 heavy (non-hydrogen) atoms. The van der Waals surface area contributed by atoms with E-state index in [0.717, 1.165) is 0 Å². The van der Waals surface area contributed by atoms with Crippen LogP contribution in [0, 0.1) is 5.41 Å². The van der Waals surface area contributed by atoms with Crippen molar-refractivity contribution in [3.05, 3.63) is 0 Å². The lowest BCUT2D eigenvalue weighted by molar-refractivity contribution is -0.178. The number of alkyl carbamates (subject to hydrolysis) is 1. The number of hydrogen-bond donors (Lipinski definition) is 1. The first-order valence-electron chi connectivity index (χ1n) is 8.71. The van der Waals surface area contributed by atoms with Gasteiger partial charge in [-0.3, -0.25) is 4.79 Å². The molecule has 0 saturated heterocycles. The standard InChI is InChI=1S/C17H27ClN2O7/c1-7-12(25-15(22)17(4,5)6)26-16(23)19-13(14(21)24-9(2)3)10-8-11(18)20-27-10/h9-10,12-13H,7-8H2,1-6H3,(H,19,23). The van der Waals surface area contributed by atoms with Crippen molar-refractivity contribution < 1.29 is 33.4 Å². The van der Waals surface area contributed by atoms with Crippen LogP contribution in [0.1, 0.15) is 54.4 Å². The normalized spacial score (nSPS) is 18.8. The van der Waals surface area contributed by atoms with Crippen LogP contribution < -0.4 is 5.32 Å². The molecule has 1 aliphatic rings. The number of esters is 2. The van der Waals surface area contributed by atoms with E-state index in [1.165, 1.54) is 0 Å². The van der Waals surface area contributed by atoms with Gasteiger partial charge in [-0.15, -0.1) is 0 Å². The third-order valence-electron chi connectivity index (χ3n) is 3.33. The maximum atomic E-state index is 12.3. The highest BCUT2D eigenvalue weighted by Gasteiger charge is 2.38. The zero-order valence-corrected chi connectivity index (χ0v) is 17.2. The Kier molecular flexibility index (Phi) is 8.33. The van der Waals surface area contributed by atoms with E-state index in [1.807, 2.05) is 0 Å². The summed E-state index contributed by atoms with van der Waals surface area (Å²) < 4.78 is 15.4. The number of hydrogen-bond acceptors (Lipinski definition) is 8. The second-order valence-corrected chi connectivity index (χ2v) is 7.76. The molecule has 0 aliphatic carbocycles. The first kappa shape index (κ1) is 23.0. The molecule has 0 saturated carbocycles. The Bertz CT molecular complexity index is 586. The minimum atomic E-state index is -1.18. The van der Waals surface area contributed by atoms with Crippen molar-refractivity contribution >= 4 is 34.8 Å². The summed E-state index contributed by atoms with van der Waals surface area (Å²) in [6.07, 6.45) is -2.90. The topological polar surface area (TPSA) is 113 Å². The second-order valence-electron chi connectivity index (χ2n) is 7.32. The van der Waals surface area contributed by atoms with Gasteiger partial charge in [0.15, 0.2) is 12.1 Å². The van der Waals surface area contributed by atoms with Crippen LogP contribution in [0.25, 0.3) is 0 Å². The Hall–Kier alpha value is -2.03. The maximum absolute atomic E-state index is 12.3. The molecule has 1 N–H and O–H groups in total. The van der Waals surface area contributed by atoms with E-state index >= 15 is 0 Å². The SMILES string of the molecule is CCC(OC(=O)NC(C(=O)OC(C)C)C1CC(Cl)=NO1)OC(=O)C(C)(C)C. The molecule has 0 aromatic rings. The smallest absolute Gasteiger partial charge is 0.411 e. The van der Waals surface area contributed by atoms with E-state index in [4.69, 9.17) is 30.6 Å². The number of halogens is 1. The summed E-state index contributed by atoms with van der Waals surface area (Å²) in [5.74, 6) is -1.23. The Morgan fingerprint density at radius 3 is 2.33 bits per heavy atom. The van der Waals surface area contributed by atoms with Crippen LogP contribution in [0.15, 0.2) is 5.16 Å². The number of nitrogens with one attached hydrogen (secondary N) is 1. The average Bonchev–Trinajstić information content (AvgIpc) is 2.96. The highest BCUT2D eigenvalue weighted by atomic mass is 35.5. The van der Waals surface area contributed by atoms with Gasteiger partial charge in [0.2, 0.25) is 6.29 Å². The van der Waals surface area contributed by atoms with Crippen molar-refractivity contribution in [1.82, 2.24) is 5.32 Å². The summed E-state index contributed by atoms with van der Waals surface area (Å²) >= 11 is 5.78. The van der Waals surface area contributed by atoms with Gasteiger partial charge in [0.05, 0.1) is 11.5 Å². The molecule has 0 radical (unpaired) electrons. The fourth-order valence-corrected chi connectivity index (χ4v) is 2.11. The van der Waals surface area contributed by atoms with E-state index in [-0.39, 0.29) is 18.0 Å². The number of ether oxygens (including phenoxy) is 3. The molecule has 154 valence electrons. The third-order valence-corrected chi connectivity index (χ3v) is 3.55. The lowest BCUT2D eigenvalue weighted by atomic mass is 9.97. The molecule has 0 aromatic carbocycles. The lowest BCUT2D eigenvalue weighted by Gasteiger charge is -2.25. The summed E-state index contributed by atoms with van der Waals surface area (Å²) in [7, 11) is 0. The molecular weight excluding hydrogens is 380 g/mol. The van der Waals surface area contributed by atoms with Crippen molar-refractivity contribution in [3.8, 4) is 0 Å². The number of nitrogens with zero attached hydrogens (tertiary/aromatic N) is 1. The molecule has 10 heteroatoms. The Morgan fingerprint density at radius 1 is 1.26 bits per heavy atom. The molecule has 0 bridgehead atoms. The minimum Gasteiger partial charge on any atom is -0.461 e. The van der Waals surface area contributed by atoms with E-state index < -0.39 is 48.0 Å². The maximum Gasteiger partial charge on any atom is 0.411 e. The van der Waals surface area contributed by atoms with Crippen molar-refractivity contribution in [2.24, 2.45) is 10.6 Å². The number of rotatable bonds is 7. The largest absolute Gasteiger partial charge is 0.461 e. The number of carbonyl (C=O) groups is 3. The molecule has 1 aliphatic heterocycles. The van der Waals surface area contributed by atoms with Crippen LogP contribution in [0.2, 0.25) is 0 Å². The van der Waals surface area contributed by atoms with E-state index in [0.29, 0.717) is 0 Å². The average molecular weight is 407 g/mol. The molecule has 0 aromatic heterocycles. The highest BCUT2D eigenvalue weighted by molar-refractivity contribution is 6.65. The van der Waals surface area contributed by atoms with Gasteiger partial charge in [0.1, 0.15) is 5.17 Å². The summed E-state index contributed by atoms with van der Waals surface area (Å²) in [5, 5.41) is 6.11. The van der Waals surface area contributed by atoms with Crippen molar-refractivity contribution in [2.45, 2.75) is 78.9 Å². The second kappa shape index (κ2) is 9.77. The first-order valence-corrected chi connectivity index (χ1v) is 9.08. The van der Waals surface area contributed by atoms with Gasteiger partial charge in [-0.1, -0.05) is 23.7 Å². The van der Waals surface area contributed by atoms with Crippen molar-refractivity contribution in [2.75, 3.05) is 0 Å². The van der Waals surface area contributed by atoms with Crippen LogP contribution in [-0.2, 0) is 28.6 Å². The molecule has 9 nitrogen and oxygen atoms in total. The zero-order chi connectivity index (χ0) is 20.8. The monoisotopic (exact) mass is 406 g/mol. The molecule has 3 atom stereocenters. The highest BCUT2D eigenvalue weighted by Crippen LogP contribution is 2.19. The Morgan fingerprint density at radius 2 is 1.89 bits per heavy atom. The molecule has 3 unspecified atom stereocenters. The molecule has 1 amide bonds. The van der Waals surface area contributed by atoms with Gasteiger partial charge in [-0.05, 0) is 34.6 Å². The minimum absolute atomic E-state index is 0.135. The fourth-order valence-electron chi connectivity index (χ4n) is 1.92. The predicted molar refractivity (Wildman–Crippen MR) is 97.0 cm³/mol. The van der Waals surface area contributed by atoms with Crippen LogP contribution in [0.5, 0.6) is 0 Å². The molecule has 1 rings (SSSR count). The van der Waals surface area contributed by atoms with Gasteiger partial charge in [-0.25, -0.2) is 9.59 Å². The van der Waals surface area contributed by atoms with Crippen LogP contribution in [-0.4, -0.2) is 47.7 Å². The van der Waals surface area contributed by atoms with Crippen LogP contribution >= 0.6 is 11.6 Å². The number of oxime groups is 1. The van der Waals surface area contributed by atoms with E-state index in [9.17, 15) is 14.4 Å². The third kappa shape index (κ3) is 7.62. The summed E-state index contributed by atoms with van der Waals surface area (Å²) in [5.41, 5.74) is -0.747. The summed E-state index contributed by atoms with van der Waals surface area (Å²) in [6.45, 7) is 10.1. The molecule has 1 heterocycles. The number of carbonyl (C=O) groups excluding carboxylic acids is 3. The molecular formula is C17H27ClN2O7. The zero-order valence-electron chi connectivity index (χ0n) is 16.4. The van der Waals surface area contributed by atoms with E-state index in [2.05, 4.69) is 10.5 Å². The Balaban J connectivity index is 2.74. The first-order chi connectivity index (χ1) is 12.4. The van der Waals surface area contributed by atoms with Crippen molar-refractivity contribution in [3.63, 3.8) is 0 Å². The van der Waals surface area contributed by atoms with Crippen LogP contribution in [0.4, 0.5) is 4.79 Å². The summed E-state index contributed by atoms with van der Waals surface area (Å²) in [6, 6.07) is -1.18. The van der Waals surface area contributed by atoms with Gasteiger partial charge in [0.25, 0.3) is 0 Å². The quantitative estimate of drug-likeness (QED) is 0.510. The molecule has 0 spiro atoms. The van der Waals surface area contributed by atoms with Gasteiger partial charge in [-0.2, -0.15) is 0 Å². The van der Waals surface area contributed by atoms with Crippen molar-refractivity contribution in [1.29, 1.82) is 0 Å². The number of amides is 1. The fraction of sp³-hybridized carbons (Fsp3) is 0.765. The van der Waals surface area contributed by atoms with Gasteiger partial charge in [0, 0.05) is 12.8 Å². The Labute approximate surface area is 163 Å². The van der Waals surface area contributed by atoms with Crippen LogP contribution in [0.3, 0.4) is 0 Å². The lowest BCUT2D eigenvalue weighted by Crippen LogP contribution is -2.51.